The second kappa shape index (κ2) is 10.6. The van der Waals surface area contributed by atoms with E-state index < -0.39 is 32.5 Å². The molecule has 0 aromatic heterocycles. The maximum Gasteiger partial charge on any atom is 0.261 e. The number of carbonyl (C=O) groups excluding carboxylic acids is 1. The van der Waals surface area contributed by atoms with Gasteiger partial charge in [-0.1, -0.05) is 33.6 Å². The van der Waals surface area contributed by atoms with Crippen molar-refractivity contribution in [2.24, 2.45) is 0 Å². The molecule has 0 bridgehead atoms. The minimum Gasteiger partial charge on any atom is -0.325 e. The van der Waals surface area contributed by atoms with Crippen molar-refractivity contribution < 1.29 is 21.6 Å². The van der Waals surface area contributed by atoms with Gasteiger partial charge in [0.2, 0.25) is 15.9 Å². The minimum absolute atomic E-state index is 0.0158. The molecule has 3 rings (SSSR count). The van der Waals surface area contributed by atoms with Crippen LogP contribution in [0.3, 0.4) is 0 Å². The molecule has 3 aromatic carbocycles. The van der Waals surface area contributed by atoms with E-state index >= 15 is 0 Å². The molecular weight excluding hydrogens is 578 g/mol. The Morgan fingerprint density at radius 3 is 2.20 bits per heavy atom. The van der Waals surface area contributed by atoms with Gasteiger partial charge < -0.3 is 5.32 Å². The summed E-state index contributed by atoms with van der Waals surface area (Å²) in [4.78, 5) is 12.6. The second-order valence-corrected chi connectivity index (χ2v) is 12.7. The summed E-state index contributed by atoms with van der Waals surface area (Å²) in [5.74, 6) is -0.584. The number of rotatable bonds is 8. The van der Waals surface area contributed by atoms with E-state index in [1.807, 2.05) is 6.92 Å². The van der Waals surface area contributed by atoms with Crippen molar-refractivity contribution in [3.05, 3.63) is 81.3 Å². The van der Waals surface area contributed by atoms with E-state index in [4.69, 9.17) is 11.6 Å². The predicted octanol–water partition coefficient (Wildman–Crippen LogP) is 4.92. The Kier molecular flexibility index (Phi) is 8.15. The highest BCUT2D eigenvalue weighted by atomic mass is 79.9. The molecule has 0 aliphatic heterocycles. The molecule has 0 aliphatic carbocycles. The van der Waals surface area contributed by atoms with Crippen LogP contribution in [-0.2, 0) is 24.8 Å². The third kappa shape index (κ3) is 6.97. The highest BCUT2D eigenvalue weighted by Gasteiger charge is 2.22. The van der Waals surface area contributed by atoms with Gasteiger partial charge >= 0.3 is 0 Å². The van der Waals surface area contributed by atoms with Crippen LogP contribution in [0, 0.1) is 13.8 Å². The fourth-order valence-electron chi connectivity index (χ4n) is 3.14. The van der Waals surface area contributed by atoms with Crippen LogP contribution in [0.4, 0.5) is 17.1 Å². The van der Waals surface area contributed by atoms with Crippen LogP contribution in [0.2, 0.25) is 5.02 Å². The number of benzene rings is 3. The molecule has 0 fully saturated rings. The Morgan fingerprint density at radius 2 is 1.60 bits per heavy atom. The van der Waals surface area contributed by atoms with E-state index in [2.05, 4.69) is 26.0 Å². The summed E-state index contributed by atoms with van der Waals surface area (Å²) in [5.41, 5.74) is 2.55. The van der Waals surface area contributed by atoms with Gasteiger partial charge in [0, 0.05) is 15.2 Å². The lowest BCUT2D eigenvalue weighted by atomic mass is 10.2. The molecule has 0 heterocycles. The van der Waals surface area contributed by atoms with Crippen LogP contribution in [-0.4, -0.2) is 35.5 Å². The van der Waals surface area contributed by atoms with Gasteiger partial charge in [-0.2, -0.15) is 0 Å². The van der Waals surface area contributed by atoms with E-state index in [9.17, 15) is 21.6 Å². The van der Waals surface area contributed by atoms with Crippen LogP contribution in [0.25, 0.3) is 0 Å². The molecular formula is C23H23BrClN3O5S2. The maximum atomic E-state index is 12.7. The zero-order valence-corrected chi connectivity index (χ0v) is 23.0. The summed E-state index contributed by atoms with van der Waals surface area (Å²) in [7, 11) is -7.63. The lowest BCUT2D eigenvalue weighted by molar-refractivity contribution is -0.114. The molecule has 3 aromatic rings. The van der Waals surface area contributed by atoms with Crippen molar-refractivity contribution >= 4 is 70.5 Å². The number of halogens is 2. The van der Waals surface area contributed by atoms with Crippen LogP contribution in [0.15, 0.2) is 70.0 Å². The third-order valence-corrected chi connectivity index (χ3v) is 8.66. The first-order valence-electron chi connectivity index (χ1n) is 10.2. The molecule has 12 heteroatoms. The second-order valence-electron chi connectivity index (χ2n) is 7.84. The van der Waals surface area contributed by atoms with Crippen LogP contribution >= 0.6 is 27.5 Å². The summed E-state index contributed by atoms with van der Waals surface area (Å²) >= 11 is 9.33. The van der Waals surface area contributed by atoms with Crippen LogP contribution < -0.4 is 14.3 Å². The number of nitrogens with zero attached hydrogens (tertiary/aromatic N) is 1. The van der Waals surface area contributed by atoms with Crippen LogP contribution in [0.5, 0.6) is 0 Å². The lowest BCUT2D eigenvalue weighted by Crippen LogP contribution is -2.37. The zero-order valence-electron chi connectivity index (χ0n) is 19.0. The first-order valence-corrected chi connectivity index (χ1v) is 14.7. The molecule has 0 radical (unpaired) electrons. The average molecular weight is 601 g/mol. The van der Waals surface area contributed by atoms with Crippen molar-refractivity contribution in [1.29, 1.82) is 0 Å². The zero-order chi connectivity index (χ0) is 26.0. The highest BCUT2D eigenvalue weighted by Crippen LogP contribution is 2.26. The fraction of sp³-hybridized carbons (Fsp3) is 0.174. The van der Waals surface area contributed by atoms with E-state index in [0.29, 0.717) is 27.6 Å². The first kappa shape index (κ1) is 27.0. The van der Waals surface area contributed by atoms with Gasteiger partial charge in [0.05, 0.1) is 22.5 Å². The number of hydrogen-bond acceptors (Lipinski definition) is 5. The number of aryl methyl sites for hydroxylation is 2. The van der Waals surface area contributed by atoms with Crippen LogP contribution in [0.1, 0.15) is 11.1 Å². The standard InChI is InChI=1S/C23H23BrClN3O5S2/c1-15-4-5-17(25)13-22(15)27-35(32,33)20-9-6-18(7-10-20)26-23(29)14-28(34(3,30)31)19-8-11-21(24)16(2)12-19/h4-13,27H,14H2,1-3H3,(H,26,29). The smallest absolute Gasteiger partial charge is 0.261 e. The summed E-state index contributed by atoms with van der Waals surface area (Å²) < 4.78 is 54.4. The predicted molar refractivity (Wildman–Crippen MR) is 143 cm³/mol. The molecule has 0 unspecified atom stereocenters. The van der Waals surface area contributed by atoms with Gasteiger partial charge in [0.25, 0.3) is 10.0 Å². The van der Waals surface area contributed by atoms with Gasteiger partial charge in [0.1, 0.15) is 6.54 Å². The Morgan fingerprint density at radius 1 is 0.943 bits per heavy atom. The summed E-state index contributed by atoms with van der Waals surface area (Å²) in [6.45, 7) is 3.12. The normalized spacial score (nSPS) is 11.7. The van der Waals surface area contributed by atoms with Gasteiger partial charge in [-0.3, -0.25) is 13.8 Å². The number of hydrogen-bond donors (Lipinski definition) is 2. The number of anilines is 3. The van der Waals surface area contributed by atoms with Crippen molar-refractivity contribution in [3.8, 4) is 0 Å². The Labute approximate surface area is 218 Å². The number of sulfonamides is 2. The molecule has 1 amide bonds. The average Bonchev–Trinajstić information content (AvgIpc) is 2.76. The topological polar surface area (TPSA) is 113 Å². The van der Waals surface area contributed by atoms with Gasteiger partial charge in [0.15, 0.2) is 0 Å². The molecule has 0 saturated heterocycles. The molecule has 186 valence electrons. The van der Waals surface area contributed by atoms with E-state index in [-0.39, 0.29) is 4.90 Å². The Balaban J connectivity index is 1.74. The van der Waals surface area contributed by atoms with E-state index in [0.717, 1.165) is 20.6 Å². The van der Waals surface area contributed by atoms with Crippen molar-refractivity contribution in [1.82, 2.24) is 0 Å². The molecule has 2 N–H and O–H groups in total. The molecule has 35 heavy (non-hydrogen) atoms. The van der Waals surface area contributed by atoms with Gasteiger partial charge in [-0.25, -0.2) is 16.8 Å². The number of nitrogens with one attached hydrogen (secondary N) is 2. The summed E-state index contributed by atoms with van der Waals surface area (Å²) in [6, 6.07) is 15.4. The summed E-state index contributed by atoms with van der Waals surface area (Å²) in [5, 5.41) is 2.99. The van der Waals surface area contributed by atoms with Gasteiger partial charge in [-0.15, -0.1) is 0 Å². The molecule has 0 spiro atoms. The van der Waals surface area contributed by atoms with E-state index in [1.54, 1.807) is 37.3 Å². The van der Waals surface area contributed by atoms with E-state index in [1.165, 1.54) is 30.3 Å². The molecule has 0 atom stereocenters. The monoisotopic (exact) mass is 599 g/mol. The van der Waals surface area contributed by atoms with Gasteiger partial charge in [-0.05, 0) is 79.6 Å². The minimum atomic E-state index is -3.89. The molecule has 0 aliphatic rings. The first-order chi connectivity index (χ1) is 16.3. The quantitative estimate of drug-likeness (QED) is 0.381. The summed E-state index contributed by atoms with van der Waals surface area (Å²) in [6.07, 6.45) is 1.02. The highest BCUT2D eigenvalue weighted by molar-refractivity contribution is 9.10. The van der Waals surface area contributed by atoms with Crippen molar-refractivity contribution in [2.45, 2.75) is 18.7 Å². The molecule has 8 nitrogen and oxygen atoms in total. The number of amides is 1. The van der Waals surface area contributed by atoms with Crippen molar-refractivity contribution in [2.75, 3.05) is 27.1 Å². The Bertz CT molecular complexity index is 1480. The Hall–Kier alpha value is -2.60. The fourth-order valence-corrected chi connectivity index (χ4v) is 5.53. The molecule has 0 saturated carbocycles. The SMILES string of the molecule is Cc1cc(N(CC(=O)Nc2ccc(S(=O)(=O)Nc3cc(Cl)ccc3C)cc2)S(C)(=O)=O)ccc1Br. The lowest BCUT2D eigenvalue weighted by Gasteiger charge is -2.22. The third-order valence-electron chi connectivity index (χ3n) is 5.01. The maximum absolute atomic E-state index is 12.7. The van der Waals surface area contributed by atoms with Crippen molar-refractivity contribution in [3.63, 3.8) is 0 Å². The number of carbonyl (C=O) groups is 1. The largest absolute Gasteiger partial charge is 0.325 e.